The van der Waals surface area contributed by atoms with Crippen molar-refractivity contribution in [3.8, 4) is 0 Å². The van der Waals surface area contributed by atoms with E-state index >= 15 is 0 Å². The molecule has 0 bridgehead atoms. The van der Waals surface area contributed by atoms with E-state index in [2.05, 4.69) is 4.90 Å². The molecule has 3 nitrogen and oxygen atoms in total. The first-order valence-corrected chi connectivity index (χ1v) is 9.40. The summed E-state index contributed by atoms with van der Waals surface area (Å²) in [5.74, 6) is -0.283. The second-order valence-corrected chi connectivity index (χ2v) is 8.52. The quantitative estimate of drug-likeness (QED) is 0.780. The maximum Gasteiger partial charge on any atom is 0.416 e. The molecule has 1 saturated carbocycles. The normalized spacial score (nSPS) is 23.2. The lowest BCUT2D eigenvalue weighted by Crippen LogP contribution is -2.30. The second-order valence-electron chi connectivity index (χ2n) is 8.52. The fourth-order valence-electron chi connectivity index (χ4n) is 4.46. The molecule has 1 aromatic carbocycles. The third kappa shape index (κ3) is 2.82. The van der Waals surface area contributed by atoms with Crippen LogP contribution in [0.2, 0.25) is 0 Å². The van der Waals surface area contributed by atoms with Crippen LogP contribution in [0.15, 0.2) is 12.1 Å². The van der Waals surface area contributed by atoms with Crippen molar-refractivity contribution in [2.45, 2.75) is 64.8 Å². The highest BCUT2D eigenvalue weighted by atomic mass is 19.4. The summed E-state index contributed by atoms with van der Waals surface area (Å²) in [6.07, 6.45) is -0.851. The monoisotopic (exact) mass is 366 g/mol. The van der Waals surface area contributed by atoms with Gasteiger partial charge in [-0.3, -0.25) is 9.69 Å². The topological polar surface area (TPSA) is 23.6 Å². The zero-order valence-electron chi connectivity index (χ0n) is 15.5. The maximum absolute atomic E-state index is 13.7. The average molecular weight is 366 g/mol. The Bertz CT molecular complexity index is 752. The maximum atomic E-state index is 13.7. The van der Waals surface area contributed by atoms with Gasteiger partial charge in [-0.1, -0.05) is 0 Å². The molecule has 1 unspecified atom stereocenters. The number of carbonyl (C=O) groups is 1. The third-order valence-corrected chi connectivity index (χ3v) is 6.48. The van der Waals surface area contributed by atoms with Gasteiger partial charge < -0.3 is 4.90 Å². The predicted octanol–water partition coefficient (Wildman–Crippen LogP) is 4.62. The summed E-state index contributed by atoms with van der Waals surface area (Å²) in [7, 11) is 0. The van der Waals surface area contributed by atoms with Gasteiger partial charge in [0, 0.05) is 30.7 Å². The summed E-state index contributed by atoms with van der Waals surface area (Å²) < 4.78 is 41.1. The standard InChI is InChI=1S/C20H25F3N2O/c1-12(2)25-10-16-15(18(25)26)8-14(9-17(16)20(21,22)23)13(3)24-7-6-19(11-24)4-5-19/h8-9,12-13H,4-7,10-11H2,1-3H3. The van der Waals surface area contributed by atoms with Gasteiger partial charge in [0.15, 0.2) is 0 Å². The molecule has 0 aromatic heterocycles. The van der Waals surface area contributed by atoms with Crippen LogP contribution in [0.25, 0.3) is 0 Å². The highest BCUT2D eigenvalue weighted by Gasteiger charge is 2.49. The van der Waals surface area contributed by atoms with E-state index in [0.717, 1.165) is 19.5 Å². The van der Waals surface area contributed by atoms with Crippen LogP contribution in [-0.2, 0) is 12.7 Å². The van der Waals surface area contributed by atoms with Gasteiger partial charge in [-0.15, -0.1) is 0 Å². The number of alkyl halides is 3. The lowest BCUT2D eigenvalue weighted by Gasteiger charge is -2.26. The largest absolute Gasteiger partial charge is 0.416 e. The van der Waals surface area contributed by atoms with Gasteiger partial charge in [0.1, 0.15) is 0 Å². The molecule has 26 heavy (non-hydrogen) atoms. The molecule has 1 aliphatic carbocycles. The first kappa shape index (κ1) is 17.8. The number of carbonyl (C=O) groups excluding carboxylic acids is 1. The van der Waals surface area contributed by atoms with E-state index < -0.39 is 11.7 Å². The summed E-state index contributed by atoms with van der Waals surface area (Å²) in [4.78, 5) is 16.5. The second kappa shape index (κ2) is 5.72. The SMILES string of the molecule is CC(c1cc2c(c(C(F)(F)F)c1)CN(C(C)C)C2=O)N1CCC2(CC2)C1. The fourth-order valence-corrected chi connectivity index (χ4v) is 4.46. The van der Waals surface area contributed by atoms with Crippen LogP contribution in [0.4, 0.5) is 13.2 Å². The molecular formula is C20H25F3N2O. The van der Waals surface area contributed by atoms with E-state index in [1.165, 1.54) is 23.8 Å². The van der Waals surface area contributed by atoms with Crippen LogP contribution in [0.5, 0.6) is 0 Å². The first-order chi connectivity index (χ1) is 12.1. The van der Waals surface area contributed by atoms with Crippen LogP contribution in [0.3, 0.4) is 0 Å². The highest BCUT2D eigenvalue weighted by Crippen LogP contribution is 2.54. The molecule has 1 aromatic rings. The molecule has 4 rings (SSSR count). The molecule has 1 saturated heterocycles. The number of likely N-dealkylation sites (tertiary alicyclic amines) is 1. The number of hydrogen-bond donors (Lipinski definition) is 0. The number of hydrogen-bond acceptors (Lipinski definition) is 2. The summed E-state index contributed by atoms with van der Waals surface area (Å²) in [5.41, 5.74) is 0.742. The molecule has 142 valence electrons. The van der Waals surface area contributed by atoms with E-state index in [9.17, 15) is 18.0 Å². The Morgan fingerprint density at radius 3 is 2.35 bits per heavy atom. The number of halogens is 3. The van der Waals surface area contributed by atoms with Crippen molar-refractivity contribution in [1.82, 2.24) is 9.80 Å². The lowest BCUT2D eigenvalue weighted by molar-refractivity contribution is -0.138. The fraction of sp³-hybridized carbons (Fsp3) is 0.650. The van der Waals surface area contributed by atoms with E-state index in [0.29, 0.717) is 11.0 Å². The minimum Gasteiger partial charge on any atom is -0.332 e. The van der Waals surface area contributed by atoms with E-state index in [1.807, 2.05) is 20.8 Å². The van der Waals surface area contributed by atoms with Crippen molar-refractivity contribution in [2.75, 3.05) is 13.1 Å². The lowest BCUT2D eigenvalue weighted by atomic mass is 9.95. The minimum atomic E-state index is -4.45. The molecule has 1 amide bonds. The number of fused-ring (bicyclic) bond motifs is 1. The number of benzene rings is 1. The van der Waals surface area contributed by atoms with Crippen LogP contribution in [0, 0.1) is 5.41 Å². The molecule has 2 heterocycles. The van der Waals surface area contributed by atoms with Crippen LogP contribution >= 0.6 is 0 Å². The van der Waals surface area contributed by atoms with Gasteiger partial charge in [0.25, 0.3) is 5.91 Å². The Morgan fingerprint density at radius 2 is 1.81 bits per heavy atom. The van der Waals surface area contributed by atoms with Crippen molar-refractivity contribution in [2.24, 2.45) is 5.41 Å². The van der Waals surface area contributed by atoms with Crippen molar-refractivity contribution in [3.05, 3.63) is 34.4 Å². The molecule has 1 atom stereocenters. The minimum absolute atomic E-state index is 0.0438. The van der Waals surface area contributed by atoms with E-state index in [4.69, 9.17) is 0 Å². The van der Waals surface area contributed by atoms with Gasteiger partial charge in [0.05, 0.1) is 5.56 Å². The Kier molecular flexibility index (Phi) is 3.92. The summed E-state index contributed by atoms with van der Waals surface area (Å²) >= 11 is 0. The zero-order chi connectivity index (χ0) is 18.9. The van der Waals surface area contributed by atoms with Gasteiger partial charge in [0.2, 0.25) is 0 Å². The Hall–Kier alpha value is -1.56. The highest BCUT2D eigenvalue weighted by molar-refractivity contribution is 5.99. The predicted molar refractivity (Wildman–Crippen MR) is 92.7 cm³/mol. The molecule has 2 aliphatic heterocycles. The molecule has 0 N–H and O–H groups in total. The number of nitrogens with zero attached hydrogens (tertiary/aromatic N) is 2. The zero-order valence-corrected chi connectivity index (χ0v) is 15.5. The van der Waals surface area contributed by atoms with E-state index in [-0.39, 0.29) is 35.7 Å². The summed E-state index contributed by atoms with van der Waals surface area (Å²) in [6.45, 7) is 7.55. The molecular weight excluding hydrogens is 341 g/mol. The first-order valence-electron chi connectivity index (χ1n) is 9.40. The number of amides is 1. The summed E-state index contributed by atoms with van der Waals surface area (Å²) in [5, 5.41) is 0. The molecule has 1 spiro atoms. The van der Waals surface area contributed by atoms with E-state index in [1.54, 1.807) is 6.07 Å². The van der Waals surface area contributed by atoms with Crippen LogP contribution in [0.1, 0.15) is 73.1 Å². The smallest absolute Gasteiger partial charge is 0.332 e. The van der Waals surface area contributed by atoms with Gasteiger partial charge in [-0.05, 0) is 75.3 Å². The third-order valence-electron chi connectivity index (χ3n) is 6.48. The number of rotatable bonds is 3. The average Bonchev–Trinajstić information content (AvgIpc) is 3.04. The van der Waals surface area contributed by atoms with Gasteiger partial charge >= 0.3 is 6.18 Å². The van der Waals surface area contributed by atoms with Crippen molar-refractivity contribution in [1.29, 1.82) is 0 Å². The Labute approximate surface area is 152 Å². The Morgan fingerprint density at radius 1 is 1.12 bits per heavy atom. The van der Waals surface area contributed by atoms with Crippen molar-refractivity contribution >= 4 is 5.91 Å². The van der Waals surface area contributed by atoms with Crippen LogP contribution in [-0.4, -0.2) is 34.8 Å². The molecule has 2 fully saturated rings. The van der Waals surface area contributed by atoms with Crippen molar-refractivity contribution < 1.29 is 18.0 Å². The van der Waals surface area contributed by atoms with Crippen LogP contribution < -0.4 is 0 Å². The summed E-state index contributed by atoms with van der Waals surface area (Å²) in [6, 6.07) is 2.75. The molecule has 6 heteroatoms. The molecule has 3 aliphatic rings. The Balaban J connectivity index is 1.72. The van der Waals surface area contributed by atoms with Crippen molar-refractivity contribution in [3.63, 3.8) is 0 Å². The van der Waals surface area contributed by atoms with Gasteiger partial charge in [-0.2, -0.15) is 13.2 Å². The molecule has 0 radical (unpaired) electrons. The van der Waals surface area contributed by atoms with Gasteiger partial charge in [-0.25, -0.2) is 0 Å².